The highest BCUT2D eigenvalue weighted by molar-refractivity contribution is 5.78. The van der Waals surface area contributed by atoms with E-state index in [-0.39, 0.29) is 11.6 Å². The van der Waals surface area contributed by atoms with Gasteiger partial charge in [0, 0.05) is 45.3 Å². The van der Waals surface area contributed by atoms with Crippen LogP contribution in [0, 0.1) is 10.1 Å². The quantitative estimate of drug-likeness (QED) is 0.601. The Hall–Kier alpha value is -2.22. The van der Waals surface area contributed by atoms with E-state index in [1.165, 1.54) is 12.3 Å². The summed E-state index contributed by atoms with van der Waals surface area (Å²) in [6, 6.07) is 3.16. The average molecular weight is 319 g/mol. The summed E-state index contributed by atoms with van der Waals surface area (Å²) in [6.45, 7) is 5.44. The van der Waals surface area contributed by atoms with Gasteiger partial charge in [0.1, 0.15) is 12.0 Å². The van der Waals surface area contributed by atoms with E-state index in [0.717, 1.165) is 57.9 Å². The third-order valence-corrected chi connectivity index (χ3v) is 4.46. The van der Waals surface area contributed by atoms with Crippen LogP contribution in [0.25, 0.3) is 0 Å². The number of carbonyl (C=O) groups excluding carboxylic acids is 1. The van der Waals surface area contributed by atoms with Crippen LogP contribution in [0.4, 0.5) is 11.5 Å². The van der Waals surface area contributed by atoms with E-state index < -0.39 is 4.92 Å². The number of nitrogens with zero attached hydrogens (tertiary/aromatic N) is 5. The summed E-state index contributed by atoms with van der Waals surface area (Å²) in [6.07, 6.45) is 3.52. The molecule has 23 heavy (non-hydrogen) atoms. The number of nitro groups is 1. The lowest BCUT2D eigenvalue weighted by molar-refractivity contribution is -0.385. The van der Waals surface area contributed by atoms with Gasteiger partial charge in [0.15, 0.2) is 0 Å². The Morgan fingerprint density at radius 2 is 1.83 bits per heavy atom. The van der Waals surface area contributed by atoms with Gasteiger partial charge in [0.05, 0.1) is 11.5 Å². The van der Waals surface area contributed by atoms with E-state index in [1.807, 2.05) is 4.90 Å². The van der Waals surface area contributed by atoms with Crippen LogP contribution in [0.1, 0.15) is 12.8 Å². The van der Waals surface area contributed by atoms with Gasteiger partial charge in [0.2, 0.25) is 5.91 Å². The van der Waals surface area contributed by atoms with Crippen LogP contribution in [-0.4, -0.2) is 71.4 Å². The Kier molecular flexibility index (Phi) is 4.71. The standard InChI is InChI=1S/C15H21N5O3/c21-15(19-5-1-2-6-19)12-17-7-9-18(10-8-17)14-4-3-13(11-16-14)20(22)23/h3-4,11H,1-2,5-10,12H2. The second kappa shape index (κ2) is 6.91. The first-order valence-electron chi connectivity index (χ1n) is 7.99. The number of anilines is 1. The van der Waals surface area contributed by atoms with Crippen LogP contribution < -0.4 is 4.90 Å². The Bertz CT molecular complexity index is 563. The number of pyridine rings is 1. The molecule has 1 aromatic heterocycles. The first-order valence-corrected chi connectivity index (χ1v) is 7.99. The van der Waals surface area contributed by atoms with Crippen molar-refractivity contribution >= 4 is 17.4 Å². The third kappa shape index (κ3) is 3.76. The first kappa shape index (κ1) is 15.7. The van der Waals surface area contributed by atoms with Gasteiger partial charge in [-0.15, -0.1) is 0 Å². The van der Waals surface area contributed by atoms with Crippen molar-refractivity contribution in [1.82, 2.24) is 14.8 Å². The predicted molar refractivity (Wildman–Crippen MR) is 85.4 cm³/mol. The fraction of sp³-hybridized carbons (Fsp3) is 0.600. The monoisotopic (exact) mass is 319 g/mol. The van der Waals surface area contributed by atoms with Crippen molar-refractivity contribution in [3.8, 4) is 0 Å². The highest BCUT2D eigenvalue weighted by Gasteiger charge is 2.24. The third-order valence-electron chi connectivity index (χ3n) is 4.46. The molecule has 0 radical (unpaired) electrons. The molecule has 0 unspecified atom stereocenters. The molecular formula is C15H21N5O3. The van der Waals surface area contributed by atoms with Gasteiger partial charge in [-0.05, 0) is 18.9 Å². The smallest absolute Gasteiger partial charge is 0.287 e. The SMILES string of the molecule is O=C(CN1CCN(c2ccc([N+](=O)[O-])cn2)CC1)N1CCCC1. The van der Waals surface area contributed by atoms with Crippen LogP contribution >= 0.6 is 0 Å². The number of aromatic nitrogens is 1. The first-order chi connectivity index (χ1) is 11.1. The van der Waals surface area contributed by atoms with Gasteiger partial charge in [-0.3, -0.25) is 19.8 Å². The molecule has 8 heteroatoms. The largest absolute Gasteiger partial charge is 0.354 e. The molecule has 0 aromatic carbocycles. The fourth-order valence-electron chi connectivity index (χ4n) is 3.07. The molecule has 124 valence electrons. The molecule has 2 saturated heterocycles. The minimum absolute atomic E-state index is 0.00333. The normalized spacial score (nSPS) is 19.1. The van der Waals surface area contributed by atoms with Crippen molar-refractivity contribution < 1.29 is 9.72 Å². The van der Waals surface area contributed by atoms with E-state index in [1.54, 1.807) is 6.07 Å². The second-order valence-corrected chi connectivity index (χ2v) is 5.98. The maximum atomic E-state index is 12.2. The maximum Gasteiger partial charge on any atom is 0.287 e. The van der Waals surface area contributed by atoms with Crippen LogP contribution in [0.3, 0.4) is 0 Å². The molecule has 0 saturated carbocycles. The highest BCUT2D eigenvalue weighted by atomic mass is 16.6. The zero-order chi connectivity index (χ0) is 16.2. The molecule has 0 bridgehead atoms. The maximum absolute atomic E-state index is 12.2. The van der Waals surface area contributed by atoms with E-state index in [9.17, 15) is 14.9 Å². The Labute approximate surface area is 134 Å². The number of carbonyl (C=O) groups is 1. The molecule has 2 fully saturated rings. The molecule has 0 spiro atoms. The summed E-state index contributed by atoms with van der Waals surface area (Å²) < 4.78 is 0. The number of amides is 1. The van der Waals surface area contributed by atoms with Crippen molar-refractivity contribution in [2.24, 2.45) is 0 Å². The Balaban J connectivity index is 1.49. The lowest BCUT2D eigenvalue weighted by Crippen LogP contribution is -2.50. The summed E-state index contributed by atoms with van der Waals surface area (Å²) >= 11 is 0. The molecule has 8 nitrogen and oxygen atoms in total. The highest BCUT2D eigenvalue weighted by Crippen LogP contribution is 2.17. The van der Waals surface area contributed by atoms with Crippen LogP contribution in [0.2, 0.25) is 0 Å². The zero-order valence-corrected chi connectivity index (χ0v) is 13.1. The lowest BCUT2D eigenvalue weighted by Gasteiger charge is -2.35. The van der Waals surface area contributed by atoms with Crippen molar-refractivity contribution in [2.75, 3.05) is 50.7 Å². The van der Waals surface area contributed by atoms with Crippen LogP contribution in [0.5, 0.6) is 0 Å². The van der Waals surface area contributed by atoms with E-state index in [2.05, 4.69) is 14.8 Å². The molecule has 3 rings (SSSR count). The van der Waals surface area contributed by atoms with Crippen molar-refractivity contribution in [1.29, 1.82) is 0 Å². The topological polar surface area (TPSA) is 82.8 Å². The van der Waals surface area contributed by atoms with E-state index >= 15 is 0 Å². The molecule has 2 aliphatic rings. The second-order valence-electron chi connectivity index (χ2n) is 5.98. The zero-order valence-electron chi connectivity index (χ0n) is 13.1. The number of likely N-dealkylation sites (tertiary alicyclic amines) is 1. The van der Waals surface area contributed by atoms with Gasteiger partial charge >= 0.3 is 0 Å². The number of piperazine rings is 1. The molecule has 1 amide bonds. The minimum atomic E-state index is -0.446. The van der Waals surface area contributed by atoms with Crippen molar-refractivity contribution in [2.45, 2.75) is 12.8 Å². The summed E-state index contributed by atoms with van der Waals surface area (Å²) in [5.74, 6) is 0.977. The Morgan fingerprint density at radius 3 is 2.39 bits per heavy atom. The van der Waals surface area contributed by atoms with Crippen molar-refractivity contribution in [3.63, 3.8) is 0 Å². The van der Waals surface area contributed by atoms with Crippen LogP contribution in [-0.2, 0) is 4.79 Å². The predicted octanol–water partition coefficient (Wildman–Crippen LogP) is 0.734. The van der Waals surface area contributed by atoms with E-state index in [4.69, 9.17) is 0 Å². The lowest BCUT2D eigenvalue weighted by atomic mass is 10.3. The molecule has 1 aromatic rings. The fourth-order valence-corrected chi connectivity index (χ4v) is 3.07. The molecule has 2 aliphatic heterocycles. The summed E-state index contributed by atoms with van der Waals surface area (Å²) in [5.41, 5.74) is 0.00333. The number of hydrogen-bond acceptors (Lipinski definition) is 6. The van der Waals surface area contributed by atoms with Crippen molar-refractivity contribution in [3.05, 3.63) is 28.4 Å². The molecular weight excluding hydrogens is 298 g/mol. The van der Waals surface area contributed by atoms with Crippen LogP contribution in [0.15, 0.2) is 18.3 Å². The minimum Gasteiger partial charge on any atom is -0.354 e. The molecule has 0 N–H and O–H groups in total. The average Bonchev–Trinajstić information content (AvgIpc) is 3.10. The Morgan fingerprint density at radius 1 is 1.13 bits per heavy atom. The summed E-state index contributed by atoms with van der Waals surface area (Å²) in [4.78, 5) is 32.7. The summed E-state index contributed by atoms with van der Waals surface area (Å²) in [5, 5.41) is 10.7. The number of rotatable bonds is 4. The van der Waals surface area contributed by atoms with Gasteiger partial charge in [-0.2, -0.15) is 0 Å². The van der Waals surface area contributed by atoms with Gasteiger partial charge in [0.25, 0.3) is 5.69 Å². The molecule has 3 heterocycles. The summed E-state index contributed by atoms with van der Waals surface area (Å²) in [7, 11) is 0. The van der Waals surface area contributed by atoms with Gasteiger partial charge in [-0.1, -0.05) is 0 Å². The molecule has 0 aliphatic carbocycles. The van der Waals surface area contributed by atoms with E-state index in [0.29, 0.717) is 6.54 Å². The van der Waals surface area contributed by atoms with Gasteiger partial charge < -0.3 is 9.80 Å². The number of hydrogen-bond donors (Lipinski definition) is 0. The van der Waals surface area contributed by atoms with Gasteiger partial charge in [-0.25, -0.2) is 4.98 Å². The molecule has 0 atom stereocenters.